The third-order valence-corrected chi connectivity index (χ3v) is 5.05. The second-order valence-electron chi connectivity index (χ2n) is 4.54. The van der Waals surface area contributed by atoms with Gasteiger partial charge in [-0.2, -0.15) is 0 Å². The van der Waals surface area contributed by atoms with Crippen LogP contribution in [0.1, 0.15) is 29.3 Å². The number of thiazole rings is 1. The summed E-state index contributed by atoms with van der Waals surface area (Å²) in [4.78, 5) is 5.89. The van der Waals surface area contributed by atoms with E-state index in [1.807, 2.05) is 11.3 Å². The fourth-order valence-corrected chi connectivity index (χ4v) is 3.92. The lowest BCUT2D eigenvalue weighted by molar-refractivity contribution is 0.764. The number of anilines is 1. The number of nitrogens with one attached hydrogen (secondary N) is 1. The Balaban J connectivity index is 1.87. The molecule has 0 amide bonds. The summed E-state index contributed by atoms with van der Waals surface area (Å²) in [7, 11) is 0. The van der Waals surface area contributed by atoms with E-state index in [1.54, 1.807) is 11.3 Å². The zero-order valence-corrected chi connectivity index (χ0v) is 12.6. The third-order valence-electron chi connectivity index (χ3n) is 3.13. The van der Waals surface area contributed by atoms with E-state index in [2.05, 4.69) is 59.9 Å². The summed E-state index contributed by atoms with van der Waals surface area (Å²) in [6.45, 7) is 4.27. The fraction of sp³-hybridized carbons (Fsp3) is 0.267. The number of nitrogens with zero attached hydrogens (tertiary/aromatic N) is 1. The standard InChI is InChI=1S/C15H16N2S2/c1-3-12(14-5-4-8-18-14)17-11-6-7-13-15(9-11)19-10(2)16-13/h4-9,12,17H,3H2,1-2H3. The lowest BCUT2D eigenvalue weighted by atomic mass is 10.1. The van der Waals surface area contributed by atoms with E-state index >= 15 is 0 Å². The molecule has 1 unspecified atom stereocenters. The Bertz CT molecular complexity index is 671. The molecule has 0 aliphatic carbocycles. The van der Waals surface area contributed by atoms with Crippen molar-refractivity contribution in [2.45, 2.75) is 26.3 Å². The van der Waals surface area contributed by atoms with Gasteiger partial charge < -0.3 is 5.32 Å². The second-order valence-corrected chi connectivity index (χ2v) is 6.75. The first-order valence-corrected chi connectivity index (χ1v) is 8.13. The zero-order chi connectivity index (χ0) is 13.2. The number of benzene rings is 1. The monoisotopic (exact) mass is 288 g/mol. The van der Waals surface area contributed by atoms with Crippen molar-refractivity contribution in [3.05, 3.63) is 45.6 Å². The van der Waals surface area contributed by atoms with Crippen LogP contribution in [-0.2, 0) is 0 Å². The molecule has 2 aromatic heterocycles. The van der Waals surface area contributed by atoms with Crippen molar-refractivity contribution < 1.29 is 0 Å². The average molecular weight is 288 g/mol. The van der Waals surface area contributed by atoms with Crippen LogP contribution in [0, 0.1) is 6.92 Å². The molecule has 4 heteroatoms. The minimum Gasteiger partial charge on any atom is -0.377 e. The molecule has 1 atom stereocenters. The molecular formula is C15H16N2S2. The number of rotatable bonds is 4. The van der Waals surface area contributed by atoms with Gasteiger partial charge in [0.15, 0.2) is 0 Å². The lowest BCUT2D eigenvalue weighted by Gasteiger charge is -2.16. The molecule has 3 aromatic rings. The van der Waals surface area contributed by atoms with E-state index in [-0.39, 0.29) is 0 Å². The maximum atomic E-state index is 4.50. The van der Waals surface area contributed by atoms with Gasteiger partial charge in [-0.25, -0.2) is 4.98 Å². The van der Waals surface area contributed by atoms with Crippen molar-refractivity contribution in [2.24, 2.45) is 0 Å². The van der Waals surface area contributed by atoms with Crippen LogP contribution in [0.4, 0.5) is 5.69 Å². The molecule has 0 saturated heterocycles. The Kier molecular flexibility index (Phi) is 3.53. The average Bonchev–Trinajstić information content (AvgIpc) is 3.03. The summed E-state index contributed by atoms with van der Waals surface area (Å²) in [6, 6.07) is 11.1. The van der Waals surface area contributed by atoms with Crippen LogP contribution >= 0.6 is 22.7 Å². The van der Waals surface area contributed by atoms with E-state index in [1.165, 1.54) is 15.3 Å². The van der Waals surface area contributed by atoms with Gasteiger partial charge in [0.05, 0.1) is 21.3 Å². The van der Waals surface area contributed by atoms with Gasteiger partial charge in [0, 0.05) is 10.6 Å². The Morgan fingerprint density at radius 1 is 1.32 bits per heavy atom. The molecule has 98 valence electrons. The predicted octanol–water partition coefficient (Wildman–Crippen LogP) is 5.23. The van der Waals surface area contributed by atoms with Crippen molar-refractivity contribution in [1.82, 2.24) is 4.98 Å². The van der Waals surface area contributed by atoms with Crippen LogP contribution in [0.15, 0.2) is 35.7 Å². The molecule has 0 fully saturated rings. The Morgan fingerprint density at radius 2 is 2.21 bits per heavy atom. The Hall–Kier alpha value is -1.39. The van der Waals surface area contributed by atoms with Crippen LogP contribution in [0.25, 0.3) is 10.2 Å². The van der Waals surface area contributed by atoms with Crippen molar-refractivity contribution in [3.8, 4) is 0 Å². The quantitative estimate of drug-likeness (QED) is 0.711. The zero-order valence-electron chi connectivity index (χ0n) is 11.0. The minimum absolute atomic E-state index is 0.395. The largest absolute Gasteiger partial charge is 0.377 e. The van der Waals surface area contributed by atoms with E-state index < -0.39 is 0 Å². The van der Waals surface area contributed by atoms with Crippen molar-refractivity contribution in [2.75, 3.05) is 5.32 Å². The van der Waals surface area contributed by atoms with Crippen molar-refractivity contribution >= 4 is 38.6 Å². The molecule has 1 aromatic carbocycles. The van der Waals surface area contributed by atoms with Crippen LogP contribution in [-0.4, -0.2) is 4.98 Å². The minimum atomic E-state index is 0.395. The molecule has 0 radical (unpaired) electrons. The molecule has 0 aliphatic heterocycles. The molecule has 0 aliphatic rings. The van der Waals surface area contributed by atoms with E-state index in [4.69, 9.17) is 0 Å². The smallest absolute Gasteiger partial charge is 0.0907 e. The topological polar surface area (TPSA) is 24.9 Å². The van der Waals surface area contributed by atoms with Gasteiger partial charge in [0.2, 0.25) is 0 Å². The van der Waals surface area contributed by atoms with Gasteiger partial charge in [0.25, 0.3) is 0 Å². The predicted molar refractivity (Wildman–Crippen MR) is 85.3 cm³/mol. The SMILES string of the molecule is CCC(Nc1ccc2nc(C)sc2c1)c1cccs1. The van der Waals surface area contributed by atoms with Crippen molar-refractivity contribution in [3.63, 3.8) is 0 Å². The number of aromatic nitrogens is 1. The molecule has 3 rings (SSSR count). The van der Waals surface area contributed by atoms with Gasteiger partial charge in [-0.1, -0.05) is 13.0 Å². The van der Waals surface area contributed by atoms with E-state index in [0.717, 1.165) is 16.9 Å². The summed E-state index contributed by atoms with van der Waals surface area (Å²) in [5.74, 6) is 0. The molecule has 0 bridgehead atoms. The Morgan fingerprint density at radius 3 is 2.95 bits per heavy atom. The van der Waals surface area contributed by atoms with Crippen LogP contribution in [0.2, 0.25) is 0 Å². The second kappa shape index (κ2) is 5.31. The molecule has 0 spiro atoms. The first-order chi connectivity index (χ1) is 9.26. The number of hydrogen-bond acceptors (Lipinski definition) is 4. The highest BCUT2D eigenvalue weighted by Gasteiger charge is 2.10. The first kappa shape index (κ1) is 12.6. The normalized spacial score (nSPS) is 12.7. The van der Waals surface area contributed by atoms with Gasteiger partial charge in [0.1, 0.15) is 0 Å². The van der Waals surface area contributed by atoms with Crippen molar-refractivity contribution in [1.29, 1.82) is 0 Å². The lowest BCUT2D eigenvalue weighted by Crippen LogP contribution is -2.07. The summed E-state index contributed by atoms with van der Waals surface area (Å²) >= 11 is 3.56. The van der Waals surface area contributed by atoms with Gasteiger partial charge in [-0.05, 0) is 43.0 Å². The molecule has 0 saturated carbocycles. The number of fused-ring (bicyclic) bond motifs is 1. The Labute approximate surface area is 121 Å². The van der Waals surface area contributed by atoms with Gasteiger partial charge in [-0.15, -0.1) is 22.7 Å². The third kappa shape index (κ3) is 2.65. The van der Waals surface area contributed by atoms with Gasteiger partial charge >= 0.3 is 0 Å². The van der Waals surface area contributed by atoms with Crippen LogP contribution in [0.3, 0.4) is 0 Å². The number of thiophene rings is 1. The van der Waals surface area contributed by atoms with E-state index in [9.17, 15) is 0 Å². The molecule has 2 nitrogen and oxygen atoms in total. The van der Waals surface area contributed by atoms with Crippen LogP contribution in [0.5, 0.6) is 0 Å². The molecule has 2 heterocycles. The first-order valence-electron chi connectivity index (χ1n) is 6.43. The van der Waals surface area contributed by atoms with Gasteiger partial charge in [-0.3, -0.25) is 0 Å². The highest BCUT2D eigenvalue weighted by Crippen LogP contribution is 2.29. The fourth-order valence-electron chi connectivity index (χ4n) is 2.19. The number of hydrogen-bond donors (Lipinski definition) is 1. The molecular weight excluding hydrogens is 272 g/mol. The summed E-state index contributed by atoms with van der Waals surface area (Å²) < 4.78 is 1.25. The van der Waals surface area contributed by atoms with E-state index in [0.29, 0.717) is 6.04 Å². The highest BCUT2D eigenvalue weighted by atomic mass is 32.1. The molecule has 1 N–H and O–H groups in total. The number of aryl methyl sites for hydroxylation is 1. The summed E-state index contributed by atoms with van der Waals surface area (Å²) in [5.41, 5.74) is 2.27. The summed E-state index contributed by atoms with van der Waals surface area (Å²) in [6.07, 6.45) is 1.08. The van der Waals surface area contributed by atoms with Crippen LogP contribution < -0.4 is 5.32 Å². The summed E-state index contributed by atoms with van der Waals surface area (Å²) in [5, 5.41) is 6.88. The molecule has 19 heavy (non-hydrogen) atoms. The highest BCUT2D eigenvalue weighted by molar-refractivity contribution is 7.18. The maximum Gasteiger partial charge on any atom is 0.0907 e. The maximum absolute atomic E-state index is 4.50.